The maximum absolute atomic E-state index is 13.6. The molecule has 9 nitrogen and oxygen atoms in total. The zero-order valence-electron chi connectivity index (χ0n) is 21.0. The van der Waals surface area contributed by atoms with Crippen LogP contribution in [0.1, 0.15) is 30.0 Å². The van der Waals surface area contributed by atoms with Gasteiger partial charge in [0.1, 0.15) is 5.82 Å². The highest BCUT2D eigenvalue weighted by molar-refractivity contribution is 7.89. The number of likely N-dealkylation sites (tertiary alicyclic amines) is 1. The molecule has 0 spiro atoms. The van der Waals surface area contributed by atoms with Crippen LogP contribution in [-0.4, -0.2) is 74.5 Å². The highest BCUT2D eigenvalue weighted by Gasteiger charge is 2.38. The molecule has 2 aliphatic heterocycles. The number of hydrogen-bond donors (Lipinski definition) is 2. The van der Waals surface area contributed by atoms with Crippen molar-refractivity contribution in [1.29, 1.82) is 0 Å². The predicted molar refractivity (Wildman–Crippen MR) is 141 cm³/mol. The summed E-state index contributed by atoms with van der Waals surface area (Å²) in [5.74, 6) is -0.886. The number of piperidine rings is 1. The Morgan fingerprint density at radius 2 is 1.82 bits per heavy atom. The van der Waals surface area contributed by atoms with Gasteiger partial charge in [-0.3, -0.25) is 9.59 Å². The molecule has 2 fully saturated rings. The van der Waals surface area contributed by atoms with Crippen LogP contribution in [0.2, 0.25) is 0 Å². The summed E-state index contributed by atoms with van der Waals surface area (Å²) in [4.78, 5) is 30.1. The molecule has 204 valence electrons. The second-order valence-corrected chi connectivity index (χ2v) is 11.5. The largest absolute Gasteiger partial charge is 0.373 e. The summed E-state index contributed by atoms with van der Waals surface area (Å²) >= 11 is 0. The van der Waals surface area contributed by atoms with Crippen molar-refractivity contribution in [3.8, 4) is 0 Å². The lowest BCUT2D eigenvalue weighted by Crippen LogP contribution is -2.53. The molecule has 2 N–H and O–H groups in total. The molecule has 11 heteroatoms. The average molecular weight is 545 g/mol. The molecule has 2 atom stereocenters. The summed E-state index contributed by atoms with van der Waals surface area (Å²) in [6, 6.07) is 14.3. The molecule has 38 heavy (non-hydrogen) atoms. The van der Waals surface area contributed by atoms with E-state index in [1.54, 1.807) is 29.2 Å². The van der Waals surface area contributed by atoms with E-state index in [0.717, 1.165) is 5.56 Å². The minimum atomic E-state index is -3.79. The van der Waals surface area contributed by atoms with Crippen LogP contribution in [0.25, 0.3) is 6.08 Å². The third-order valence-electron chi connectivity index (χ3n) is 7.10. The number of sulfonamides is 1. The number of piperazine rings is 1. The van der Waals surface area contributed by atoms with E-state index in [-0.39, 0.29) is 36.4 Å². The average Bonchev–Trinajstić information content (AvgIpc) is 2.95. The van der Waals surface area contributed by atoms with Crippen LogP contribution in [0.3, 0.4) is 0 Å². The smallest absolute Gasteiger partial charge is 0.312 e. The number of hydrogen-bond acceptors (Lipinski definition) is 7. The van der Waals surface area contributed by atoms with E-state index in [1.165, 1.54) is 16.4 Å². The van der Waals surface area contributed by atoms with Gasteiger partial charge in [-0.1, -0.05) is 42.5 Å². The summed E-state index contributed by atoms with van der Waals surface area (Å²) in [7, 11) is -3.79. The van der Waals surface area contributed by atoms with Crippen molar-refractivity contribution >= 4 is 28.5 Å². The third kappa shape index (κ3) is 7.25. The van der Waals surface area contributed by atoms with Crippen LogP contribution in [0, 0.1) is 11.7 Å². The molecule has 0 radical (unpaired) electrons. The first-order valence-corrected chi connectivity index (χ1v) is 14.3. The van der Waals surface area contributed by atoms with Gasteiger partial charge in [-0.05, 0) is 48.1 Å². The fraction of sp³-hybridized carbons (Fsp3) is 0.407. The van der Waals surface area contributed by atoms with E-state index in [1.807, 2.05) is 30.3 Å². The van der Waals surface area contributed by atoms with Crippen molar-refractivity contribution in [3.63, 3.8) is 0 Å². The first-order valence-electron chi connectivity index (χ1n) is 12.7. The van der Waals surface area contributed by atoms with E-state index in [9.17, 15) is 22.4 Å². The summed E-state index contributed by atoms with van der Waals surface area (Å²) in [5, 5.41) is 3.21. The van der Waals surface area contributed by atoms with E-state index in [0.29, 0.717) is 44.6 Å². The number of rotatable bonds is 10. The van der Waals surface area contributed by atoms with Crippen molar-refractivity contribution in [2.75, 3.05) is 38.5 Å². The highest BCUT2D eigenvalue weighted by Crippen LogP contribution is 2.28. The molecule has 2 saturated heterocycles. The molecule has 0 bridgehead atoms. The molecule has 2 aliphatic rings. The predicted octanol–water partition coefficient (Wildman–Crippen LogP) is 2.10. The maximum atomic E-state index is 13.6. The van der Waals surface area contributed by atoms with Crippen molar-refractivity contribution in [3.05, 3.63) is 77.6 Å². The molecule has 0 aliphatic carbocycles. The molecule has 2 heterocycles. The van der Waals surface area contributed by atoms with Crippen LogP contribution in [0.4, 0.5) is 4.39 Å². The van der Waals surface area contributed by atoms with E-state index < -0.39 is 22.1 Å². The number of halogens is 1. The Bertz CT molecular complexity index is 1200. The van der Waals surface area contributed by atoms with Gasteiger partial charge < -0.3 is 15.1 Å². The van der Waals surface area contributed by atoms with E-state index >= 15 is 0 Å². The highest BCUT2D eigenvalue weighted by atomic mass is 32.2. The number of carbonyl (C=O) groups is 2. The number of amides is 1. The van der Waals surface area contributed by atoms with E-state index in [2.05, 4.69) is 10.8 Å². The lowest BCUT2D eigenvalue weighted by molar-refractivity contribution is -0.138. The summed E-state index contributed by atoms with van der Waals surface area (Å²) in [6.45, 7) is 2.34. The van der Waals surface area contributed by atoms with Crippen LogP contribution in [-0.2, 0) is 24.4 Å². The number of nitrogens with one attached hydrogen (secondary N) is 2. The van der Waals surface area contributed by atoms with Gasteiger partial charge in [-0.2, -0.15) is 4.31 Å². The number of benzene rings is 2. The van der Waals surface area contributed by atoms with Crippen LogP contribution >= 0.6 is 0 Å². The molecule has 2 aromatic carbocycles. The Morgan fingerprint density at radius 3 is 2.50 bits per heavy atom. The van der Waals surface area contributed by atoms with E-state index in [4.69, 9.17) is 4.84 Å². The zero-order valence-corrected chi connectivity index (χ0v) is 21.9. The van der Waals surface area contributed by atoms with Crippen LogP contribution in [0.5, 0.6) is 0 Å². The van der Waals surface area contributed by atoms with Gasteiger partial charge in [-0.15, -0.1) is 5.48 Å². The van der Waals surface area contributed by atoms with Gasteiger partial charge in [0.15, 0.2) is 0 Å². The number of nitrogens with zero attached hydrogens (tertiary/aromatic N) is 2. The van der Waals surface area contributed by atoms with Crippen molar-refractivity contribution in [1.82, 2.24) is 20.0 Å². The quantitative estimate of drug-likeness (QED) is 0.268. The first-order chi connectivity index (χ1) is 18.4. The van der Waals surface area contributed by atoms with Gasteiger partial charge in [0.25, 0.3) is 0 Å². The molecular formula is C27H33FN4O5S. The van der Waals surface area contributed by atoms with Gasteiger partial charge in [-0.25, -0.2) is 12.8 Å². The van der Waals surface area contributed by atoms with Crippen LogP contribution < -0.4 is 10.8 Å². The normalized spacial score (nSPS) is 20.3. The molecule has 0 aromatic heterocycles. The zero-order chi connectivity index (χ0) is 27.0. The Balaban J connectivity index is 1.41. The van der Waals surface area contributed by atoms with Crippen molar-refractivity contribution in [2.24, 2.45) is 5.92 Å². The van der Waals surface area contributed by atoms with Crippen LogP contribution in [0.15, 0.2) is 60.7 Å². The molecule has 1 amide bonds. The number of carbonyl (C=O) groups excluding carboxylic acids is 2. The van der Waals surface area contributed by atoms with Gasteiger partial charge in [0, 0.05) is 38.8 Å². The molecule has 4 rings (SSSR count). The Hall–Kier alpha value is -3.12. The van der Waals surface area contributed by atoms with Crippen molar-refractivity contribution in [2.45, 2.75) is 24.9 Å². The second-order valence-electron chi connectivity index (χ2n) is 9.51. The molecule has 2 unspecified atom stereocenters. The fourth-order valence-electron chi connectivity index (χ4n) is 5.05. The molecule has 0 saturated carbocycles. The van der Waals surface area contributed by atoms with Gasteiger partial charge >= 0.3 is 6.47 Å². The Kier molecular flexibility index (Phi) is 9.62. The topological polar surface area (TPSA) is 108 Å². The number of hydroxylamine groups is 1. The minimum absolute atomic E-state index is 0.100. The lowest BCUT2D eigenvalue weighted by atomic mass is 9.90. The third-order valence-corrected chi connectivity index (χ3v) is 9.03. The Morgan fingerprint density at radius 1 is 1.11 bits per heavy atom. The standard InChI is InChI=1S/C27H33FN4O5S/c28-24-9-7-23(8-10-24)26-18-29-14-17-32(26)38(35,36)19-25(30-37-20-33)22-12-15-31(16-13-22)27(34)11-6-21-4-2-1-3-5-21/h1-11,20,22,25-26,29-30H,12-19H2. The summed E-state index contributed by atoms with van der Waals surface area (Å²) in [5.41, 5.74) is 4.26. The van der Waals surface area contributed by atoms with Gasteiger partial charge in [0.05, 0.1) is 17.8 Å². The maximum Gasteiger partial charge on any atom is 0.312 e. The lowest BCUT2D eigenvalue weighted by Gasteiger charge is -2.38. The fourth-order valence-corrected chi connectivity index (χ4v) is 6.99. The Labute approximate surface area is 222 Å². The minimum Gasteiger partial charge on any atom is -0.373 e. The first kappa shape index (κ1) is 27.9. The summed E-state index contributed by atoms with van der Waals surface area (Å²) < 4.78 is 42.1. The second kappa shape index (κ2) is 13.1. The summed E-state index contributed by atoms with van der Waals surface area (Å²) in [6.07, 6.45) is 4.44. The molecule has 2 aromatic rings. The SMILES string of the molecule is O=CONC(CS(=O)(=O)N1CCNCC1c1ccc(F)cc1)C1CCN(C(=O)C=Cc2ccccc2)CC1. The molecular weight excluding hydrogens is 511 g/mol. The monoisotopic (exact) mass is 544 g/mol. The van der Waals surface area contributed by atoms with Crippen molar-refractivity contribution < 1.29 is 27.2 Å². The van der Waals surface area contributed by atoms with Gasteiger partial charge in [0.2, 0.25) is 15.9 Å².